The molecule has 1 amide bonds. The summed E-state index contributed by atoms with van der Waals surface area (Å²) in [6.07, 6.45) is 0.852. The molecule has 4 heteroatoms. The van der Waals surface area contributed by atoms with E-state index in [-0.39, 0.29) is 17.0 Å². The summed E-state index contributed by atoms with van der Waals surface area (Å²) in [4.78, 5) is 13.9. The summed E-state index contributed by atoms with van der Waals surface area (Å²) in [5.41, 5.74) is 1.44. The van der Waals surface area contributed by atoms with Crippen LogP contribution >= 0.6 is 11.6 Å². The highest BCUT2D eigenvalue weighted by molar-refractivity contribution is 6.21. The van der Waals surface area contributed by atoms with E-state index in [1.807, 2.05) is 6.92 Å². The van der Waals surface area contributed by atoms with Crippen molar-refractivity contribution in [3.8, 4) is 5.75 Å². The average molecular weight is 240 g/mol. The number of benzene rings is 1. The first kappa shape index (κ1) is 11.3. The molecule has 86 valence electrons. The molecular weight excluding hydrogens is 226 g/mol. The fourth-order valence-corrected chi connectivity index (χ4v) is 2.22. The number of carbonyl (C=O) groups is 1. The van der Waals surface area contributed by atoms with E-state index in [0.29, 0.717) is 18.7 Å². The third-order valence-electron chi connectivity index (χ3n) is 2.86. The van der Waals surface area contributed by atoms with Gasteiger partial charge in [-0.05, 0) is 37.1 Å². The van der Waals surface area contributed by atoms with Crippen LogP contribution in [0.15, 0.2) is 18.2 Å². The quantitative estimate of drug-likeness (QED) is 0.763. The highest BCUT2D eigenvalue weighted by Crippen LogP contribution is 2.21. The summed E-state index contributed by atoms with van der Waals surface area (Å²) in [5, 5.41) is 9.35. The van der Waals surface area contributed by atoms with E-state index in [1.165, 1.54) is 6.07 Å². The summed E-state index contributed by atoms with van der Waals surface area (Å²) in [6, 6.07) is 4.80. The highest BCUT2D eigenvalue weighted by atomic mass is 35.5. The molecule has 1 heterocycles. The Balaban J connectivity index is 2.21. The van der Waals surface area contributed by atoms with Crippen molar-refractivity contribution in [2.75, 3.05) is 13.1 Å². The van der Waals surface area contributed by atoms with Gasteiger partial charge in [0.25, 0.3) is 5.91 Å². The summed E-state index contributed by atoms with van der Waals surface area (Å²) in [7, 11) is 0. The largest absolute Gasteiger partial charge is 0.508 e. The summed E-state index contributed by atoms with van der Waals surface area (Å²) in [5.74, 6) is 0.186. The predicted molar refractivity (Wildman–Crippen MR) is 63.0 cm³/mol. The number of likely N-dealkylation sites (tertiary alicyclic amines) is 1. The first-order valence-electron chi connectivity index (χ1n) is 5.31. The van der Waals surface area contributed by atoms with E-state index in [0.717, 1.165) is 12.0 Å². The van der Waals surface area contributed by atoms with E-state index >= 15 is 0 Å². The molecule has 1 unspecified atom stereocenters. The maximum absolute atomic E-state index is 12.1. The zero-order chi connectivity index (χ0) is 11.7. The lowest BCUT2D eigenvalue weighted by molar-refractivity contribution is 0.0792. The number of aryl methyl sites for hydroxylation is 1. The second kappa shape index (κ2) is 4.34. The first-order chi connectivity index (χ1) is 7.58. The Bertz CT molecular complexity index is 419. The van der Waals surface area contributed by atoms with Crippen LogP contribution < -0.4 is 0 Å². The Kier molecular flexibility index (Phi) is 3.06. The number of alkyl halides is 1. The zero-order valence-corrected chi connectivity index (χ0v) is 9.87. The molecule has 0 aromatic heterocycles. The van der Waals surface area contributed by atoms with Gasteiger partial charge in [0, 0.05) is 18.7 Å². The number of rotatable bonds is 1. The molecule has 1 saturated heterocycles. The SMILES string of the molecule is Cc1cc(O)ccc1C(=O)N1CCC(Cl)C1. The van der Waals surface area contributed by atoms with Gasteiger partial charge in [0.2, 0.25) is 0 Å². The summed E-state index contributed by atoms with van der Waals surface area (Å²) in [6.45, 7) is 3.15. The third-order valence-corrected chi connectivity index (χ3v) is 3.21. The molecule has 3 nitrogen and oxygen atoms in total. The molecule has 2 rings (SSSR count). The molecule has 1 fully saturated rings. The number of phenolic OH excluding ortho intramolecular Hbond substituents is 1. The Hall–Kier alpha value is -1.22. The zero-order valence-electron chi connectivity index (χ0n) is 9.11. The number of phenols is 1. The van der Waals surface area contributed by atoms with Gasteiger partial charge in [-0.1, -0.05) is 0 Å². The second-order valence-corrected chi connectivity index (χ2v) is 4.75. The lowest BCUT2D eigenvalue weighted by Gasteiger charge is -2.16. The molecule has 1 aliphatic rings. The third kappa shape index (κ3) is 2.14. The van der Waals surface area contributed by atoms with Gasteiger partial charge in [0.15, 0.2) is 0 Å². The monoisotopic (exact) mass is 239 g/mol. The van der Waals surface area contributed by atoms with Crippen molar-refractivity contribution in [2.24, 2.45) is 0 Å². The highest BCUT2D eigenvalue weighted by Gasteiger charge is 2.26. The molecule has 1 aromatic carbocycles. The molecule has 1 aliphatic heterocycles. The molecule has 0 spiro atoms. The molecule has 0 radical (unpaired) electrons. The molecular formula is C12H14ClNO2. The van der Waals surface area contributed by atoms with Gasteiger partial charge in [0.05, 0.1) is 5.38 Å². The van der Waals surface area contributed by atoms with Gasteiger partial charge in [-0.2, -0.15) is 0 Å². The number of halogens is 1. The molecule has 0 saturated carbocycles. The minimum atomic E-state index is 0.000602. The average Bonchev–Trinajstić information content (AvgIpc) is 2.64. The van der Waals surface area contributed by atoms with Crippen molar-refractivity contribution in [3.05, 3.63) is 29.3 Å². The minimum Gasteiger partial charge on any atom is -0.508 e. The van der Waals surface area contributed by atoms with Crippen molar-refractivity contribution < 1.29 is 9.90 Å². The van der Waals surface area contributed by atoms with E-state index in [1.54, 1.807) is 17.0 Å². The van der Waals surface area contributed by atoms with E-state index in [4.69, 9.17) is 11.6 Å². The van der Waals surface area contributed by atoms with Crippen molar-refractivity contribution in [1.29, 1.82) is 0 Å². The van der Waals surface area contributed by atoms with Gasteiger partial charge < -0.3 is 10.0 Å². The Morgan fingerprint density at radius 2 is 2.31 bits per heavy atom. The number of carbonyl (C=O) groups excluding carboxylic acids is 1. The van der Waals surface area contributed by atoms with Crippen molar-refractivity contribution in [3.63, 3.8) is 0 Å². The van der Waals surface area contributed by atoms with Gasteiger partial charge in [-0.25, -0.2) is 0 Å². The fourth-order valence-electron chi connectivity index (χ4n) is 1.96. The molecule has 1 aromatic rings. The van der Waals surface area contributed by atoms with Gasteiger partial charge in [0.1, 0.15) is 5.75 Å². The molecule has 1 N–H and O–H groups in total. The summed E-state index contributed by atoms with van der Waals surface area (Å²) >= 11 is 5.97. The molecule has 0 aliphatic carbocycles. The van der Waals surface area contributed by atoms with Crippen LogP contribution in [0.3, 0.4) is 0 Å². The molecule has 16 heavy (non-hydrogen) atoms. The molecule has 1 atom stereocenters. The summed E-state index contributed by atoms with van der Waals surface area (Å²) < 4.78 is 0. The fraction of sp³-hybridized carbons (Fsp3) is 0.417. The Morgan fingerprint density at radius 3 is 2.88 bits per heavy atom. The van der Waals surface area contributed by atoms with Crippen LogP contribution in [0.4, 0.5) is 0 Å². The number of hydrogen-bond acceptors (Lipinski definition) is 2. The maximum Gasteiger partial charge on any atom is 0.254 e. The lowest BCUT2D eigenvalue weighted by atomic mass is 10.1. The van der Waals surface area contributed by atoms with E-state index < -0.39 is 0 Å². The van der Waals surface area contributed by atoms with Crippen LogP contribution in [0.5, 0.6) is 5.75 Å². The van der Waals surface area contributed by atoms with Crippen LogP contribution in [0.2, 0.25) is 0 Å². The van der Waals surface area contributed by atoms with Gasteiger partial charge >= 0.3 is 0 Å². The van der Waals surface area contributed by atoms with Gasteiger partial charge in [-0.15, -0.1) is 11.6 Å². The van der Waals surface area contributed by atoms with Crippen molar-refractivity contribution >= 4 is 17.5 Å². The number of aromatic hydroxyl groups is 1. The topological polar surface area (TPSA) is 40.5 Å². The van der Waals surface area contributed by atoms with Crippen molar-refractivity contribution in [1.82, 2.24) is 4.90 Å². The minimum absolute atomic E-state index is 0.000602. The Morgan fingerprint density at radius 1 is 1.56 bits per heavy atom. The van der Waals surface area contributed by atoms with Crippen LogP contribution in [0, 0.1) is 6.92 Å². The van der Waals surface area contributed by atoms with Crippen LogP contribution in [0.1, 0.15) is 22.3 Å². The van der Waals surface area contributed by atoms with E-state index in [9.17, 15) is 9.90 Å². The van der Waals surface area contributed by atoms with Gasteiger partial charge in [-0.3, -0.25) is 4.79 Å². The number of amides is 1. The standard InChI is InChI=1S/C12H14ClNO2/c1-8-6-10(15)2-3-11(8)12(16)14-5-4-9(13)7-14/h2-3,6,9,15H,4-5,7H2,1H3. The first-order valence-corrected chi connectivity index (χ1v) is 5.74. The second-order valence-electron chi connectivity index (χ2n) is 4.14. The van der Waals surface area contributed by atoms with Crippen LogP contribution in [0.25, 0.3) is 0 Å². The van der Waals surface area contributed by atoms with Crippen LogP contribution in [-0.2, 0) is 0 Å². The normalized spacial score (nSPS) is 20.1. The maximum atomic E-state index is 12.1. The van der Waals surface area contributed by atoms with Crippen molar-refractivity contribution in [2.45, 2.75) is 18.7 Å². The molecule has 0 bridgehead atoms. The number of nitrogens with zero attached hydrogens (tertiary/aromatic N) is 1. The van der Waals surface area contributed by atoms with Crippen LogP contribution in [-0.4, -0.2) is 34.4 Å². The van der Waals surface area contributed by atoms with E-state index in [2.05, 4.69) is 0 Å². The Labute approximate surface area is 99.6 Å². The smallest absolute Gasteiger partial charge is 0.254 e. The predicted octanol–water partition coefficient (Wildman–Crippen LogP) is 2.15. The number of hydrogen-bond donors (Lipinski definition) is 1. The lowest BCUT2D eigenvalue weighted by Crippen LogP contribution is -2.29.